The second kappa shape index (κ2) is 3.18. The van der Waals surface area contributed by atoms with Crippen molar-refractivity contribution >= 4 is 11.6 Å². The van der Waals surface area contributed by atoms with Crippen LogP contribution in [0.15, 0.2) is 12.3 Å². The summed E-state index contributed by atoms with van der Waals surface area (Å²) in [4.78, 5) is 3.79. The van der Waals surface area contributed by atoms with Crippen LogP contribution in [0.25, 0.3) is 0 Å². The summed E-state index contributed by atoms with van der Waals surface area (Å²) in [6.45, 7) is 3.82. The van der Waals surface area contributed by atoms with Crippen LogP contribution in [0.2, 0.25) is 5.15 Å². The average molecular weight is 174 g/mol. The van der Waals surface area contributed by atoms with Gasteiger partial charge in [-0.3, -0.25) is 0 Å². The predicted molar refractivity (Wildman–Crippen MR) is 43.3 cm³/mol. The van der Waals surface area contributed by atoms with Crippen LogP contribution in [-0.2, 0) is 0 Å². The van der Waals surface area contributed by atoms with Gasteiger partial charge in [0.2, 0.25) is 0 Å². The van der Waals surface area contributed by atoms with Crippen LogP contribution in [0, 0.1) is 5.82 Å². The minimum atomic E-state index is -0.278. The van der Waals surface area contributed by atoms with Gasteiger partial charge in [0.15, 0.2) is 0 Å². The minimum Gasteiger partial charge on any atom is -0.244 e. The number of aromatic nitrogens is 1. The van der Waals surface area contributed by atoms with E-state index in [9.17, 15) is 4.39 Å². The first-order chi connectivity index (χ1) is 5.11. The molecule has 0 aliphatic rings. The van der Waals surface area contributed by atoms with Gasteiger partial charge in [0.25, 0.3) is 0 Å². The summed E-state index contributed by atoms with van der Waals surface area (Å²) >= 11 is 5.47. The summed E-state index contributed by atoms with van der Waals surface area (Å²) in [5.74, 6) is -0.125. The molecule has 0 atom stereocenters. The molecule has 0 unspecified atom stereocenters. The molecule has 0 radical (unpaired) electrons. The van der Waals surface area contributed by atoms with Gasteiger partial charge >= 0.3 is 0 Å². The Morgan fingerprint density at radius 3 is 2.64 bits per heavy atom. The van der Waals surface area contributed by atoms with Gasteiger partial charge in [-0.2, -0.15) is 0 Å². The van der Waals surface area contributed by atoms with Gasteiger partial charge in [-0.25, -0.2) is 9.37 Å². The second-order valence-electron chi connectivity index (χ2n) is 2.68. The van der Waals surface area contributed by atoms with E-state index in [1.54, 1.807) is 0 Å². The van der Waals surface area contributed by atoms with Crippen LogP contribution in [-0.4, -0.2) is 4.98 Å². The Balaban J connectivity index is 3.09. The molecular formula is C8H9ClFN. The van der Waals surface area contributed by atoms with Gasteiger partial charge in [-0.05, 0) is 5.92 Å². The molecule has 1 nitrogen and oxygen atoms in total. The van der Waals surface area contributed by atoms with E-state index in [0.717, 1.165) is 0 Å². The summed E-state index contributed by atoms with van der Waals surface area (Å²) in [6, 6.07) is 1.23. The lowest BCUT2D eigenvalue weighted by Crippen LogP contribution is -1.93. The molecule has 0 spiro atoms. The van der Waals surface area contributed by atoms with Crippen LogP contribution < -0.4 is 0 Å². The number of halogens is 2. The number of hydrogen-bond donors (Lipinski definition) is 0. The predicted octanol–water partition coefficient (Wildman–Crippen LogP) is 3.00. The summed E-state index contributed by atoms with van der Waals surface area (Å²) in [6.07, 6.45) is 1.47. The van der Waals surface area contributed by atoms with Crippen LogP contribution in [0.5, 0.6) is 0 Å². The molecule has 0 aliphatic heterocycles. The highest BCUT2D eigenvalue weighted by Gasteiger charge is 2.06. The Morgan fingerprint density at radius 2 is 2.18 bits per heavy atom. The quantitative estimate of drug-likeness (QED) is 0.595. The van der Waals surface area contributed by atoms with Crippen LogP contribution >= 0.6 is 11.6 Å². The van der Waals surface area contributed by atoms with E-state index in [2.05, 4.69) is 4.98 Å². The summed E-state index contributed by atoms with van der Waals surface area (Å²) in [5, 5.41) is 0.201. The van der Waals surface area contributed by atoms with Crippen LogP contribution in [0.3, 0.4) is 0 Å². The molecule has 1 aromatic rings. The van der Waals surface area contributed by atoms with Crippen molar-refractivity contribution in [2.24, 2.45) is 0 Å². The van der Waals surface area contributed by atoms with Gasteiger partial charge < -0.3 is 0 Å². The smallest absolute Gasteiger partial charge is 0.131 e. The minimum absolute atomic E-state index is 0.153. The molecule has 0 N–H and O–H groups in total. The first-order valence-electron chi connectivity index (χ1n) is 3.42. The third-order valence-electron chi connectivity index (χ3n) is 1.47. The fourth-order valence-electron chi connectivity index (χ4n) is 0.843. The zero-order valence-electron chi connectivity index (χ0n) is 6.44. The van der Waals surface area contributed by atoms with Crippen molar-refractivity contribution in [1.29, 1.82) is 0 Å². The molecule has 0 aliphatic carbocycles. The van der Waals surface area contributed by atoms with Gasteiger partial charge in [-0.15, -0.1) is 0 Å². The lowest BCUT2D eigenvalue weighted by atomic mass is 10.1. The lowest BCUT2D eigenvalue weighted by Gasteiger charge is -2.04. The number of rotatable bonds is 1. The zero-order valence-corrected chi connectivity index (χ0v) is 7.19. The average Bonchev–Trinajstić information content (AvgIpc) is 1.85. The Kier molecular flexibility index (Phi) is 2.45. The van der Waals surface area contributed by atoms with Crippen molar-refractivity contribution in [1.82, 2.24) is 4.98 Å². The first kappa shape index (κ1) is 8.47. The molecule has 1 rings (SSSR count). The molecule has 0 fully saturated rings. The molecule has 0 bridgehead atoms. The molecule has 11 heavy (non-hydrogen) atoms. The van der Waals surface area contributed by atoms with E-state index in [-0.39, 0.29) is 16.9 Å². The van der Waals surface area contributed by atoms with Crippen LogP contribution in [0.1, 0.15) is 25.3 Å². The van der Waals surface area contributed by atoms with E-state index in [0.29, 0.717) is 5.56 Å². The maximum Gasteiger partial charge on any atom is 0.131 e. The van der Waals surface area contributed by atoms with E-state index in [1.165, 1.54) is 12.3 Å². The molecule has 3 heteroatoms. The highest BCUT2D eigenvalue weighted by molar-refractivity contribution is 6.29. The fourth-order valence-corrected chi connectivity index (χ4v) is 0.987. The van der Waals surface area contributed by atoms with Gasteiger partial charge in [0.05, 0.1) is 0 Å². The van der Waals surface area contributed by atoms with Crippen molar-refractivity contribution in [3.63, 3.8) is 0 Å². The standard InChI is InChI=1S/C8H9ClFN/c1-5(2)6-4-11-8(9)3-7(6)10/h3-5H,1-2H3. The molecular weight excluding hydrogens is 165 g/mol. The van der Waals surface area contributed by atoms with Gasteiger partial charge in [0.1, 0.15) is 11.0 Å². The third-order valence-corrected chi connectivity index (χ3v) is 1.68. The van der Waals surface area contributed by atoms with E-state index >= 15 is 0 Å². The highest BCUT2D eigenvalue weighted by Crippen LogP contribution is 2.18. The van der Waals surface area contributed by atoms with E-state index in [1.807, 2.05) is 13.8 Å². The summed E-state index contributed by atoms with van der Waals surface area (Å²) in [7, 11) is 0. The molecule has 0 saturated heterocycles. The molecule has 1 heterocycles. The van der Waals surface area contributed by atoms with Crippen molar-refractivity contribution in [3.05, 3.63) is 28.8 Å². The van der Waals surface area contributed by atoms with Crippen LogP contribution in [0.4, 0.5) is 4.39 Å². The van der Waals surface area contributed by atoms with Gasteiger partial charge in [0, 0.05) is 17.8 Å². The highest BCUT2D eigenvalue weighted by atomic mass is 35.5. The first-order valence-corrected chi connectivity index (χ1v) is 3.80. The Bertz CT molecular complexity index is 260. The number of pyridine rings is 1. The lowest BCUT2D eigenvalue weighted by molar-refractivity contribution is 0.595. The van der Waals surface area contributed by atoms with Crippen molar-refractivity contribution in [2.75, 3.05) is 0 Å². The number of nitrogens with zero attached hydrogens (tertiary/aromatic N) is 1. The topological polar surface area (TPSA) is 12.9 Å². The summed E-state index contributed by atoms with van der Waals surface area (Å²) < 4.78 is 13.0. The zero-order chi connectivity index (χ0) is 8.43. The normalized spacial score (nSPS) is 10.6. The van der Waals surface area contributed by atoms with Gasteiger partial charge in [-0.1, -0.05) is 25.4 Å². The maximum atomic E-state index is 13.0. The Labute approximate surface area is 70.2 Å². The Morgan fingerprint density at radius 1 is 1.55 bits per heavy atom. The fraction of sp³-hybridized carbons (Fsp3) is 0.375. The van der Waals surface area contributed by atoms with Crippen molar-refractivity contribution < 1.29 is 4.39 Å². The SMILES string of the molecule is CC(C)c1cnc(Cl)cc1F. The largest absolute Gasteiger partial charge is 0.244 e. The van der Waals surface area contributed by atoms with E-state index in [4.69, 9.17) is 11.6 Å². The Hall–Kier alpha value is -0.630. The number of hydrogen-bond acceptors (Lipinski definition) is 1. The third kappa shape index (κ3) is 1.90. The molecule has 0 amide bonds. The maximum absolute atomic E-state index is 13.0. The molecule has 60 valence electrons. The molecule has 0 aromatic carbocycles. The van der Waals surface area contributed by atoms with Crippen molar-refractivity contribution in [2.45, 2.75) is 19.8 Å². The molecule has 1 aromatic heterocycles. The molecule has 0 saturated carbocycles. The van der Waals surface area contributed by atoms with E-state index < -0.39 is 0 Å². The summed E-state index contributed by atoms with van der Waals surface area (Å²) in [5.41, 5.74) is 0.606. The second-order valence-corrected chi connectivity index (χ2v) is 3.07. The van der Waals surface area contributed by atoms with Crippen molar-refractivity contribution in [3.8, 4) is 0 Å². The monoisotopic (exact) mass is 173 g/mol.